The number of benzene rings is 1. The number of hydrogen-bond donors (Lipinski definition) is 2. The minimum Gasteiger partial charge on any atom is -0.271 e. The van der Waals surface area contributed by atoms with Gasteiger partial charge in [-0.15, -0.1) is 0 Å². The number of hydrogen-bond acceptors (Lipinski definition) is 2. The molecule has 19 heavy (non-hydrogen) atoms. The topological polar surface area (TPSA) is 38.0 Å². The highest BCUT2D eigenvalue weighted by molar-refractivity contribution is 6.30. The van der Waals surface area contributed by atoms with Gasteiger partial charge in [0.15, 0.2) is 0 Å². The van der Waals surface area contributed by atoms with Crippen molar-refractivity contribution in [2.45, 2.75) is 37.9 Å². The summed E-state index contributed by atoms with van der Waals surface area (Å²) in [7, 11) is 0. The van der Waals surface area contributed by atoms with E-state index in [4.69, 9.17) is 17.4 Å². The molecule has 0 aromatic heterocycles. The Morgan fingerprint density at radius 2 is 2.00 bits per heavy atom. The van der Waals surface area contributed by atoms with Crippen LogP contribution in [0.15, 0.2) is 18.2 Å². The Morgan fingerprint density at radius 1 is 1.32 bits per heavy atom. The molecule has 0 aliphatic heterocycles. The van der Waals surface area contributed by atoms with Gasteiger partial charge >= 0.3 is 6.18 Å². The highest BCUT2D eigenvalue weighted by Gasteiger charge is 2.26. The molecular formula is C12H15ClF4N2. The first-order chi connectivity index (χ1) is 8.83. The molecule has 0 saturated carbocycles. The van der Waals surface area contributed by atoms with Crippen molar-refractivity contribution < 1.29 is 17.6 Å². The molecule has 1 atom stereocenters. The van der Waals surface area contributed by atoms with E-state index in [0.717, 1.165) is 0 Å². The Hall–Kier alpha value is -0.850. The predicted molar refractivity (Wildman–Crippen MR) is 66.1 cm³/mol. The zero-order valence-corrected chi connectivity index (χ0v) is 10.9. The minimum absolute atomic E-state index is 0.0106. The molecule has 108 valence electrons. The highest BCUT2D eigenvalue weighted by atomic mass is 35.5. The Labute approximate surface area is 113 Å². The van der Waals surface area contributed by atoms with E-state index in [1.54, 1.807) is 6.07 Å². The third-order valence-corrected chi connectivity index (χ3v) is 3.04. The van der Waals surface area contributed by atoms with Gasteiger partial charge in [-0.05, 0) is 30.9 Å². The van der Waals surface area contributed by atoms with Crippen LogP contribution >= 0.6 is 11.6 Å². The van der Waals surface area contributed by atoms with Crippen LogP contribution in [-0.2, 0) is 6.42 Å². The number of halogens is 5. The molecule has 1 aromatic rings. The molecule has 0 aliphatic carbocycles. The minimum atomic E-state index is -4.18. The van der Waals surface area contributed by atoms with E-state index < -0.39 is 24.5 Å². The standard InChI is InChI=1S/C12H15ClF4N2/c13-10-5-1-3-8(11(10)14)7-9(19-18)4-2-6-12(15,16)17/h1,3,5,9,19H,2,4,6-7,18H2. The normalized spacial score (nSPS) is 13.6. The summed E-state index contributed by atoms with van der Waals surface area (Å²) in [5.41, 5.74) is 2.74. The van der Waals surface area contributed by atoms with Gasteiger partial charge in [0, 0.05) is 12.5 Å². The number of nitrogens with two attached hydrogens (primary N) is 1. The Balaban J connectivity index is 2.55. The van der Waals surface area contributed by atoms with Crippen molar-refractivity contribution >= 4 is 11.6 Å². The largest absolute Gasteiger partial charge is 0.389 e. The maximum Gasteiger partial charge on any atom is 0.389 e. The van der Waals surface area contributed by atoms with E-state index in [9.17, 15) is 17.6 Å². The van der Waals surface area contributed by atoms with Crippen molar-refractivity contribution in [3.63, 3.8) is 0 Å². The monoisotopic (exact) mass is 298 g/mol. The Bertz CT molecular complexity index is 409. The number of nitrogens with one attached hydrogen (secondary N) is 1. The van der Waals surface area contributed by atoms with Crippen LogP contribution < -0.4 is 11.3 Å². The van der Waals surface area contributed by atoms with Crippen LogP contribution in [0.4, 0.5) is 17.6 Å². The molecule has 0 saturated heterocycles. The molecule has 3 N–H and O–H groups in total. The fourth-order valence-corrected chi connectivity index (χ4v) is 1.96. The summed E-state index contributed by atoms with van der Waals surface area (Å²) in [6.45, 7) is 0. The van der Waals surface area contributed by atoms with Crippen LogP contribution in [0.3, 0.4) is 0 Å². The van der Waals surface area contributed by atoms with Crippen molar-refractivity contribution in [2.75, 3.05) is 0 Å². The van der Waals surface area contributed by atoms with Crippen LogP contribution in [-0.4, -0.2) is 12.2 Å². The molecule has 0 amide bonds. The maximum absolute atomic E-state index is 13.6. The van der Waals surface area contributed by atoms with E-state index in [2.05, 4.69) is 5.43 Å². The summed E-state index contributed by atoms with van der Waals surface area (Å²) in [6, 6.07) is 4.11. The van der Waals surface area contributed by atoms with Crippen LogP contribution in [0.1, 0.15) is 24.8 Å². The van der Waals surface area contributed by atoms with Gasteiger partial charge in [0.25, 0.3) is 0 Å². The SMILES string of the molecule is NNC(CCCC(F)(F)F)Cc1cccc(Cl)c1F. The van der Waals surface area contributed by atoms with E-state index in [0.29, 0.717) is 5.56 Å². The van der Waals surface area contributed by atoms with Gasteiger partial charge in [-0.2, -0.15) is 13.2 Å². The zero-order valence-electron chi connectivity index (χ0n) is 10.1. The molecule has 1 aromatic carbocycles. The molecule has 1 unspecified atom stereocenters. The average Bonchev–Trinajstić information content (AvgIpc) is 2.32. The fourth-order valence-electron chi connectivity index (χ4n) is 1.76. The van der Waals surface area contributed by atoms with Gasteiger partial charge in [-0.3, -0.25) is 11.3 Å². The van der Waals surface area contributed by atoms with Crippen molar-refractivity contribution in [1.82, 2.24) is 5.43 Å². The Morgan fingerprint density at radius 3 is 2.58 bits per heavy atom. The number of alkyl halides is 3. The van der Waals surface area contributed by atoms with Crippen LogP contribution in [0, 0.1) is 5.82 Å². The summed E-state index contributed by atoms with van der Waals surface area (Å²) in [5.74, 6) is 4.72. The van der Waals surface area contributed by atoms with Crippen molar-refractivity contribution in [2.24, 2.45) is 5.84 Å². The van der Waals surface area contributed by atoms with Gasteiger partial charge in [0.05, 0.1) is 5.02 Å². The first kappa shape index (κ1) is 16.2. The summed E-state index contributed by atoms with van der Waals surface area (Å²) in [6.07, 6.45) is -4.70. The fraction of sp³-hybridized carbons (Fsp3) is 0.500. The lowest BCUT2D eigenvalue weighted by Gasteiger charge is -2.17. The van der Waals surface area contributed by atoms with Gasteiger partial charge in [-0.1, -0.05) is 23.7 Å². The third kappa shape index (κ3) is 5.76. The second-order valence-corrected chi connectivity index (χ2v) is 4.70. The molecule has 0 aliphatic rings. The number of hydrazine groups is 1. The smallest absolute Gasteiger partial charge is 0.271 e. The molecule has 2 nitrogen and oxygen atoms in total. The quantitative estimate of drug-likeness (QED) is 0.478. The molecule has 0 bridgehead atoms. The lowest BCUT2D eigenvalue weighted by atomic mass is 10.0. The van der Waals surface area contributed by atoms with Gasteiger partial charge in [0.2, 0.25) is 0 Å². The predicted octanol–water partition coefficient (Wildman–Crippen LogP) is 3.59. The molecule has 1 rings (SSSR count). The molecule has 0 fully saturated rings. The van der Waals surface area contributed by atoms with E-state index >= 15 is 0 Å². The second kappa shape index (κ2) is 7.07. The summed E-state index contributed by atoms with van der Waals surface area (Å²) in [5, 5.41) is -0.0106. The summed E-state index contributed by atoms with van der Waals surface area (Å²) < 4.78 is 49.7. The van der Waals surface area contributed by atoms with Crippen LogP contribution in [0.5, 0.6) is 0 Å². The zero-order chi connectivity index (χ0) is 14.5. The van der Waals surface area contributed by atoms with Crippen molar-refractivity contribution in [3.05, 3.63) is 34.6 Å². The van der Waals surface area contributed by atoms with Crippen LogP contribution in [0.25, 0.3) is 0 Å². The maximum atomic E-state index is 13.6. The van der Waals surface area contributed by atoms with Gasteiger partial charge in [0.1, 0.15) is 5.82 Å². The first-order valence-corrected chi connectivity index (χ1v) is 6.17. The first-order valence-electron chi connectivity index (χ1n) is 5.79. The molecule has 0 heterocycles. The lowest BCUT2D eigenvalue weighted by molar-refractivity contribution is -0.135. The summed E-state index contributed by atoms with van der Waals surface area (Å²) in [4.78, 5) is 0. The molecule has 0 radical (unpaired) electrons. The highest BCUT2D eigenvalue weighted by Crippen LogP contribution is 2.24. The van der Waals surface area contributed by atoms with E-state index in [-0.39, 0.29) is 24.3 Å². The second-order valence-electron chi connectivity index (χ2n) is 4.29. The molecule has 0 spiro atoms. The van der Waals surface area contributed by atoms with Gasteiger partial charge in [-0.25, -0.2) is 4.39 Å². The summed E-state index contributed by atoms with van der Waals surface area (Å²) >= 11 is 5.63. The number of rotatable bonds is 6. The van der Waals surface area contributed by atoms with Gasteiger partial charge < -0.3 is 0 Å². The third-order valence-electron chi connectivity index (χ3n) is 2.75. The van der Waals surface area contributed by atoms with Crippen molar-refractivity contribution in [1.29, 1.82) is 0 Å². The molecule has 7 heteroatoms. The Kier molecular flexibility index (Phi) is 6.03. The van der Waals surface area contributed by atoms with Crippen molar-refractivity contribution in [3.8, 4) is 0 Å². The van der Waals surface area contributed by atoms with E-state index in [1.165, 1.54) is 12.1 Å². The average molecular weight is 299 g/mol. The molecular weight excluding hydrogens is 284 g/mol. The van der Waals surface area contributed by atoms with E-state index in [1.807, 2.05) is 0 Å². The van der Waals surface area contributed by atoms with Crippen LogP contribution in [0.2, 0.25) is 5.02 Å². The lowest BCUT2D eigenvalue weighted by Crippen LogP contribution is -2.37.